The normalized spacial score (nSPS) is 11.9. The van der Waals surface area contributed by atoms with E-state index in [4.69, 9.17) is 0 Å². The fourth-order valence-electron chi connectivity index (χ4n) is 4.94. The molecule has 0 spiro atoms. The second-order valence-corrected chi connectivity index (χ2v) is 10.2. The molecule has 0 atom stereocenters. The molecule has 31 heavy (non-hydrogen) atoms. The number of rotatable bonds is 1. The van der Waals surface area contributed by atoms with Crippen LogP contribution in [0.3, 0.4) is 0 Å². The molecule has 7 aromatic rings. The quantitative estimate of drug-likeness (QED) is 0.183. The molecule has 2 heterocycles. The number of fused-ring (bicyclic) bond motifs is 9. The van der Waals surface area contributed by atoms with E-state index in [1.165, 1.54) is 62.7 Å². The van der Waals surface area contributed by atoms with Crippen molar-refractivity contribution < 1.29 is 0 Å². The van der Waals surface area contributed by atoms with E-state index in [1.807, 2.05) is 12.4 Å². The van der Waals surface area contributed by atoms with Crippen LogP contribution in [0.2, 0.25) is 0 Å². The first-order valence-corrected chi connectivity index (χ1v) is 12.2. The maximum absolute atomic E-state index is 4.40. The Bertz CT molecular complexity index is 1760. The molecule has 0 fully saturated rings. The van der Waals surface area contributed by atoms with Crippen LogP contribution >= 0.6 is 0 Å². The summed E-state index contributed by atoms with van der Waals surface area (Å²) in [5, 5.41) is 10.5. The molecule has 0 aliphatic rings. The van der Waals surface area contributed by atoms with E-state index < -0.39 is 0 Å². The first-order chi connectivity index (χ1) is 15.4. The molecule has 0 radical (unpaired) electrons. The fourth-order valence-corrected chi connectivity index (χ4v) is 7.54. The molecular weight excluding hydrogens is 441 g/mol. The van der Waals surface area contributed by atoms with Gasteiger partial charge in [-0.3, -0.25) is 0 Å². The van der Waals surface area contributed by atoms with Crippen LogP contribution in [0.25, 0.3) is 62.7 Å². The minimum atomic E-state index is 0.342. The van der Waals surface area contributed by atoms with Gasteiger partial charge < -0.3 is 0 Å². The van der Waals surface area contributed by atoms with Gasteiger partial charge in [-0.25, -0.2) is 0 Å². The van der Waals surface area contributed by atoms with Gasteiger partial charge >= 0.3 is 186 Å². The zero-order valence-electron chi connectivity index (χ0n) is 16.7. The Morgan fingerprint density at radius 1 is 0.516 bits per heavy atom. The van der Waals surface area contributed by atoms with Crippen LogP contribution in [-0.4, -0.2) is 19.5 Å². The van der Waals surface area contributed by atoms with Gasteiger partial charge in [0, 0.05) is 0 Å². The fraction of sp³-hybridized carbons (Fsp3) is 0. The van der Waals surface area contributed by atoms with Crippen molar-refractivity contribution in [2.24, 2.45) is 0 Å². The van der Waals surface area contributed by atoms with E-state index in [9.17, 15) is 0 Å². The summed E-state index contributed by atoms with van der Waals surface area (Å²) in [6.45, 7) is 0. The van der Waals surface area contributed by atoms with Crippen molar-refractivity contribution in [1.82, 2.24) is 4.98 Å². The maximum atomic E-state index is 4.40. The predicted octanol–water partition coefficient (Wildman–Crippen LogP) is 7.57. The third kappa shape index (κ3) is 2.47. The van der Waals surface area contributed by atoms with Gasteiger partial charge in [0.15, 0.2) is 0 Å². The predicted molar refractivity (Wildman–Crippen MR) is 134 cm³/mol. The van der Waals surface area contributed by atoms with E-state index in [-0.39, 0.29) is 0 Å². The van der Waals surface area contributed by atoms with Crippen molar-refractivity contribution in [2.75, 3.05) is 0 Å². The van der Waals surface area contributed by atoms with Gasteiger partial charge in [0.05, 0.1) is 0 Å². The standard InChI is InChI=1S/C29H17NSe/c1-2-7-21-20(6-1)26-16-18(12-13-22(26)23-14-15-30-17-27(21)23)19-9-5-10-25-24-8-3-4-11-28(24)31-29(19)25/h1-17H. The molecule has 144 valence electrons. The van der Waals surface area contributed by atoms with E-state index >= 15 is 0 Å². The van der Waals surface area contributed by atoms with Crippen LogP contribution in [0.4, 0.5) is 0 Å². The molecule has 1 nitrogen and oxygen atoms in total. The van der Waals surface area contributed by atoms with Crippen LogP contribution in [0.15, 0.2) is 103 Å². The second-order valence-electron chi connectivity index (χ2n) is 8.01. The van der Waals surface area contributed by atoms with Crippen molar-refractivity contribution in [1.29, 1.82) is 0 Å². The van der Waals surface area contributed by atoms with Crippen LogP contribution in [0.1, 0.15) is 0 Å². The Labute approximate surface area is 185 Å². The number of nitrogens with zero attached hydrogens (tertiary/aromatic N) is 1. The molecule has 0 bridgehead atoms. The number of aromatic nitrogens is 1. The summed E-state index contributed by atoms with van der Waals surface area (Å²) in [7, 11) is 0. The van der Waals surface area contributed by atoms with Gasteiger partial charge in [0.25, 0.3) is 0 Å². The van der Waals surface area contributed by atoms with Crippen molar-refractivity contribution >= 4 is 66.1 Å². The van der Waals surface area contributed by atoms with Crippen LogP contribution in [0, 0.1) is 0 Å². The van der Waals surface area contributed by atoms with Crippen LogP contribution in [0.5, 0.6) is 0 Å². The zero-order chi connectivity index (χ0) is 20.4. The Hall–Kier alpha value is -3.45. The summed E-state index contributed by atoms with van der Waals surface area (Å²) >= 11 is 0.342. The monoisotopic (exact) mass is 459 g/mol. The third-order valence-electron chi connectivity index (χ3n) is 6.35. The molecule has 7 rings (SSSR count). The molecule has 0 unspecified atom stereocenters. The molecule has 0 N–H and O–H groups in total. The Morgan fingerprint density at radius 2 is 1.23 bits per heavy atom. The summed E-state index contributed by atoms with van der Waals surface area (Å²) in [6, 6.07) is 33.5. The topological polar surface area (TPSA) is 12.9 Å². The number of hydrogen-bond acceptors (Lipinski definition) is 1. The van der Waals surface area contributed by atoms with Crippen molar-refractivity contribution in [3.8, 4) is 11.1 Å². The SMILES string of the molecule is c1ccc2c(c1)[se]c1c(-c3ccc4c5ccncc5c5ccccc5c4c3)cccc12. The molecule has 0 saturated carbocycles. The molecule has 0 amide bonds. The summed E-state index contributed by atoms with van der Waals surface area (Å²) in [5.74, 6) is 0. The average molecular weight is 458 g/mol. The molecular formula is C29H17NSe. The molecule has 0 saturated heterocycles. The van der Waals surface area contributed by atoms with E-state index in [0.717, 1.165) is 0 Å². The van der Waals surface area contributed by atoms with Gasteiger partial charge in [-0.15, -0.1) is 0 Å². The van der Waals surface area contributed by atoms with Crippen molar-refractivity contribution in [3.63, 3.8) is 0 Å². The van der Waals surface area contributed by atoms with E-state index in [2.05, 4.69) is 96.0 Å². The summed E-state index contributed by atoms with van der Waals surface area (Å²) in [4.78, 5) is 4.40. The number of hydrogen-bond donors (Lipinski definition) is 0. The van der Waals surface area contributed by atoms with Crippen LogP contribution < -0.4 is 0 Å². The van der Waals surface area contributed by atoms with Crippen molar-refractivity contribution in [3.05, 3.63) is 103 Å². The Morgan fingerprint density at radius 3 is 2.13 bits per heavy atom. The van der Waals surface area contributed by atoms with Crippen molar-refractivity contribution in [2.45, 2.75) is 0 Å². The summed E-state index contributed by atoms with van der Waals surface area (Å²) in [6.07, 6.45) is 3.89. The summed E-state index contributed by atoms with van der Waals surface area (Å²) < 4.78 is 2.99. The molecule has 5 aromatic carbocycles. The molecule has 0 aliphatic heterocycles. The van der Waals surface area contributed by atoms with E-state index in [1.54, 1.807) is 0 Å². The molecule has 2 aromatic heterocycles. The molecule has 2 heteroatoms. The second kappa shape index (κ2) is 6.52. The summed E-state index contributed by atoms with van der Waals surface area (Å²) in [5.41, 5.74) is 2.67. The van der Waals surface area contributed by atoms with Gasteiger partial charge in [0.1, 0.15) is 0 Å². The first kappa shape index (κ1) is 17.3. The van der Waals surface area contributed by atoms with Gasteiger partial charge in [-0.05, 0) is 0 Å². The van der Waals surface area contributed by atoms with Gasteiger partial charge in [-0.2, -0.15) is 0 Å². The number of benzene rings is 5. The number of pyridine rings is 1. The average Bonchev–Trinajstić information content (AvgIpc) is 3.23. The third-order valence-corrected chi connectivity index (χ3v) is 8.91. The first-order valence-electron chi connectivity index (χ1n) is 10.5. The van der Waals surface area contributed by atoms with Gasteiger partial charge in [0.2, 0.25) is 0 Å². The van der Waals surface area contributed by atoms with E-state index in [0.29, 0.717) is 14.5 Å². The Kier molecular flexibility index (Phi) is 3.63. The minimum absolute atomic E-state index is 0.342. The molecule has 0 aliphatic carbocycles. The Balaban J connectivity index is 1.60. The zero-order valence-corrected chi connectivity index (χ0v) is 18.4. The van der Waals surface area contributed by atoms with Crippen LogP contribution in [-0.2, 0) is 0 Å². The van der Waals surface area contributed by atoms with Gasteiger partial charge in [-0.1, -0.05) is 0 Å².